The quantitative estimate of drug-likeness (QED) is 0.707. The number of aliphatic carboxylic acids is 1. The molecule has 0 bridgehead atoms. The minimum atomic E-state index is -0.645. The van der Waals surface area contributed by atoms with Gasteiger partial charge in [-0.15, -0.1) is 0 Å². The predicted octanol–water partition coefficient (Wildman–Crippen LogP) is 1.52. The summed E-state index contributed by atoms with van der Waals surface area (Å²) >= 11 is 0. The highest BCUT2D eigenvalue weighted by Gasteiger charge is 2.57. The summed E-state index contributed by atoms with van der Waals surface area (Å²) in [5, 5.41) is 8.88. The average molecular weight is 184 g/mol. The molecule has 0 aromatic carbocycles. The van der Waals surface area contributed by atoms with E-state index >= 15 is 0 Å². The second-order valence-corrected chi connectivity index (χ2v) is 4.41. The van der Waals surface area contributed by atoms with Crippen molar-refractivity contribution < 1.29 is 14.6 Å². The monoisotopic (exact) mass is 184 g/mol. The zero-order valence-electron chi connectivity index (χ0n) is 7.95. The summed E-state index contributed by atoms with van der Waals surface area (Å²) in [5.74, 6) is -0.402. The Morgan fingerprint density at radius 3 is 2.69 bits per heavy atom. The van der Waals surface area contributed by atoms with Crippen LogP contribution >= 0.6 is 0 Å². The topological polar surface area (TPSA) is 46.5 Å². The standard InChI is InChI=1S/C10H16O3/c1-7(9(11)12)8-6-10(8)2-4-13-5-3-10/h7-8H,2-6H2,1H3,(H,11,12). The van der Waals surface area contributed by atoms with Gasteiger partial charge < -0.3 is 9.84 Å². The molecule has 2 unspecified atom stereocenters. The van der Waals surface area contributed by atoms with Gasteiger partial charge >= 0.3 is 5.97 Å². The van der Waals surface area contributed by atoms with Gasteiger partial charge in [-0.25, -0.2) is 0 Å². The maximum Gasteiger partial charge on any atom is 0.306 e. The molecule has 3 heteroatoms. The Balaban J connectivity index is 1.95. The van der Waals surface area contributed by atoms with Crippen molar-refractivity contribution in [1.29, 1.82) is 0 Å². The van der Waals surface area contributed by atoms with Crippen molar-refractivity contribution >= 4 is 5.97 Å². The maximum atomic E-state index is 10.8. The Morgan fingerprint density at radius 1 is 1.54 bits per heavy atom. The number of ether oxygens (including phenoxy) is 1. The average Bonchev–Trinajstić information content (AvgIpc) is 2.79. The Morgan fingerprint density at radius 2 is 2.15 bits per heavy atom. The van der Waals surface area contributed by atoms with Crippen LogP contribution in [0.5, 0.6) is 0 Å². The molecule has 1 aliphatic heterocycles. The Bertz CT molecular complexity index is 218. The molecule has 13 heavy (non-hydrogen) atoms. The highest BCUT2D eigenvalue weighted by atomic mass is 16.5. The fourth-order valence-electron chi connectivity index (χ4n) is 2.61. The van der Waals surface area contributed by atoms with Gasteiger partial charge in [-0.2, -0.15) is 0 Å². The minimum Gasteiger partial charge on any atom is -0.481 e. The molecule has 1 saturated heterocycles. The van der Waals surface area contributed by atoms with E-state index in [0.29, 0.717) is 11.3 Å². The van der Waals surface area contributed by atoms with Crippen molar-refractivity contribution in [1.82, 2.24) is 0 Å². The zero-order valence-corrected chi connectivity index (χ0v) is 7.95. The van der Waals surface area contributed by atoms with E-state index in [4.69, 9.17) is 9.84 Å². The largest absolute Gasteiger partial charge is 0.481 e. The predicted molar refractivity (Wildman–Crippen MR) is 47.4 cm³/mol. The minimum absolute atomic E-state index is 0.168. The van der Waals surface area contributed by atoms with Crippen LogP contribution in [0, 0.1) is 17.3 Å². The number of rotatable bonds is 2. The van der Waals surface area contributed by atoms with Crippen molar-refractivity contribution in [3.05, 3.63) is 0 Å². The van der Waals surface area contributed by atoms with Crippen LogP contribution in [0.2, 0.25) is 0 Å². The lowest BCUT2D eigenvalue weighted by atomic mass is 9.89. The van der Waals surface area contributed by atoms with E-state index in [1.54, 1.807) is 0 Å². The van der Waals surface area contributed by atoms with Gasteiger partial charge in [-0.05, 0) is 30.6 Å². The van der Waals surface area contributed by atoms with Crippen LogP contribution in [0.4, 0.5) is 0 Å². The van der Waals surface area contributed by atoms with Crippen LogP contribution in [0.15, 0.2) is 0 Å². The Kier molecular flexibility index (Phi) is 2.06. The molecule has 1 heterocycles. The fraction of sp³-hybridized carbons (Fsp3) is 0.900. The van der Waals surface area contributed by atoms with Crippen molar-refractivity contribution in [2.24, 2.45) is 17.3 Å². The first-order chi connectivity index (χ1) is 6.16. The molecule has 0 amide bonds. The molecule has 2 atom stereocenters. The second kappa shape index (κ2) is 2.98. The van der Waals surface area contributed by atoms with Crippen LogP contribution in [0.3, 0.4) is 0 Å². The van der Waals surface area contributed by atoms with Gasteiger partial charge in [-0.1, -0.05) is 6.92 Å². The van der Waals surface area contributed by atoms with Crippen LogP contribution in [-0.4, -0.2) is 24.3 Å². The van der Waals surface area contributed by atoms with Crippen LogP contribution in [0.25, 0.3) is 0 Å². The lowest BCUT2D eigenvalue weighted by molar-refractivity contribution is -0.142. The van der Waals surface area contributed by atoms with Crippen LogP contribution < -0.4 is 0 Å². The van der Waals surface area contributed by atoms with Gasteiger partial charge in [0.05, 0.1) is 5.92 Å². The fourth-order valence-corrected chi connectivity index (χ4v) is 2.61. The molecule has 0 radical (unpaired) electrons. The van der Waals surface area contributed by atoms with Crippen LogP contribution in [0.1, 0.15) is 26.2 Å². The van der Waals surface area contributed by atoms with Crippen LogP contribution in [-0.2, 0) is 9.53 Å². The summed E-state index contributed by atoms with van der Waals surface area (Å²) in [6.07, 6.45) is 3.23. The third kappa shape index (κ3) is 1.46. The van der Waals surface area contributed by atoms with Gasteiger partial charge in [-0.3, -0.25) is 4.79 Å². The Hall–Kier alpha value is -0.570. The van der Waals surface area contributed by atoms with Gasteiger partial charge in [0, 0.05) is 13.2 Å². The molecule has 0 aromatic heterocycles. The maximum absolute atomic E-state index is 10.8. The Labute approximate surface area is 78.1 Å². The number of hydrogen-bond acceptors (Lipinski definition) is 2. The zero-order chi connectivity index (χ0) is 9.47. The van der Waals surface area contributed by atoms with E-state index in [2.05, 4.69) is 0 Å². The molecule has 3 nitrogen and oxygen atoms in total. The molecular weight excluding hydrogens is 168 g/mol. The van der Waals surface area contributed by atoms with E-state index in [9.17, 15) is 4.79 Å². The molecule has 0 aromatic rings. The van der Waals surface area contributed by atoms with Crippen molar-refractivity contribution in [3.8, 4) is 0 Å². The summed E-state index contributed by atoms with van der Waals surface area (Å²) in [6.45, 7) is 3.48. The van der Waals surface area contributed by atoms with E-state index in [1.807, 2.05) is 6.92 Å². The van der Waals surface area contributed by atoms with E-state index in [1.165, 1.54) is 0 Å². The second-order valence-electron chi connectivity index (χ2n) is 4.41. The van der Waals surface area contributed by atoms with E-state index in [-0.39, 0.29) is 5.92 Å². The number of carboxylic acids is 1. The SMILES string of the molecule is CC(C(=O)O)C1CC12CCOCC2. The molecule has 1 N–H and O–H groups in total. The van der Waals surface area contributed by atoms with E-state index in [0.717, 1.165) is 32.5 Å². The highest BCUT2D eigenvalue weighted by molar-refractivity contribution is 5.70. The third-order valence-electron chi connectivity index (χ3n) is 3.73. The normalized spacial score (nSPS) is 32.8. The summed E-state index contributed by atoms with van der Waals surface area (Å²) in [4.78, 5) is 10.8. The first-order valence-corrected chi connectivity index (χ1v) is 4.96. The summed E-state index contributed by atoms with van der Waals surface area (Å²) in [7, 11) is 0. The smallest absolute Gasteiger partial charge is 0.306 e. The van der Waals surface area contributed by atoms with Gasteiger partial charge in [0.2, 0.25) is 0 Å². The summed E-state index contributed by atoms with van der Waals surface area (Å²) < 4.78 is 5.29. The third-order valence-corrected chi connectivity index (χ3v) is 3.73. The lowest BCUT2D eigenvalue weighted by Gasteiger charge is -2.23. The number of hydrogen-bond donors (Lipinski definition) is 1. The molecule has 2 rings (SSSR count). The summed E-state index contributed by atoms with van der Waals surface area (Å²) in [5.41, 5.74) is 0.343. The van der Waals surface area contributed by atoms with Gasteiger partial charge in [0.1, 0.15) is 0 Å². The van der Waals surface area contributed by atoms with Gasteiger partial charge in [0.25, 0.3) is 0 Å². The molecular formula is C10H16O3. The molecule has 2 fully saturated rings. The molecule has 1 spiro atoms. The first kappa shape index (κ1) is 9.00. The van der Waals surface area contributed by atoms with Gasteiger partial charge in [0.15, 0.2) is 0 Å². The van der Waals surface area contributed by atoms with Crippen molar-refractivity contribution in [2.45, 2.75) is 26.2 Å². The molecule has 1 saturated carbocycles. The molecule has 1 aliphatic carbocycles. The molecule has 2 aliphatic rings. The lowest BCUT2D eigenvalue weighted by Crippen LogP contribution is -2.23. The van der Waals surface area contributed by atoms with Crippen molar-refractivity contribution in [2.75, 3.05) is 13.2 Å². The van der Waals surface area contributed by atoms with E-state index < -0.39 is 5.97 Å². The number of carboxylic acid groups (broad SMARTS) is 1. The highest BCUT2D eigenvalue weighted by Crippen LogP contribution is 2.62. The first-order valence-electron chi connectivity index (χ1n) is 4.96. The summed E-state index contributed by atoms with van der Waals surface area (Å²) in [6, 6.07) is 0. The van der Waals surface area contributed by atoms with Crippen molar-refractivity contribution in [3.63, 3.8) is 0 Å². The molecule has 74 valence electrons. The number of carbonyl (C=O) groups is 1.